The number of benzene rings is 1. The minimum atomic E-state index is -1.42. The number of carboxylic acids is 1. The maximum absolute atomic E-state index is 14.0. The minimum Gasteiger partial charge on any atom is -0.480 e. The van der Waals surface area contributed by atoms with Crippen molar-refractivity contribution in [2.45, 2.75) is 25.3 Å². The van der Waals surface area contributed by atoms with E-state index in [1.165, 1.54) is 6.92 Å². The van der Waals surface area contributed by atoms with Crippen LogP contribution in [0.2, 0.25) is 0 Å². The number of nitrogens with zero attached hydrogens (tertiary/aromatic N) is 2. The third-order valence-corrected chi connectivity index (χ3v) is 3.58. The molecule has 1 fully saturated rings. The van der Waals surface area contributed by atoms with Crippen LogP contribution < -0.4 is 4.90 Å². The second-order valence-electron chi connectivity index (χ2n) is 4.85. The van der Waals surface area contributed by atoms with Crippen LogP contribution in [0.4, 0.5) is 20.2 Å². The number of hydrogen-bond donors (Lipinski definition) is 1. The fourth-order valence-corrected chi connectivity index (χ4v) is 2.46. The molecule has 1 heterocycles. The van der Waals surface area contributed by atoms with Crippen LogP contribution in [0.5, 0.6) is 0 Å². The number of aliphatic carboxylic acids is 1. The molecule has 1 saturated heterocycles. The van der Waals surface area contributed by atoms with Crippen molar-refractivity contribution in [1.29, 1.82) is 0 Å². The summed E-state index contributed by atoms with van der Waals surface area (Å²) in [6.45, 7) is 1.55. The van der Waals surface area contributed by atoms with Crippen LogP contribution in [-0.2, 0) is 4.79 Å². The predicted molar refractivity (Wildman–Crippen MR) is 65.6 cm³/mol. The molecule has 2 rings (SSSR count). The Kier molecular flexibility index (Phi) is 3.33. The summed E-state index contributed by atoms with van der Waals surface area (Å²) < 4.78 is 27.9. The quantitative estimate of drug-likeness (QED) is 0.681. The van der Waals surface area contributed by atoms with E-state index in [9.17, 15) is 28.8 Å². The Bertz CT molecular complexity index is 570. The molecule has 1 unspecified atom stereocenters. The first-order chi connectivity index (χ1) is 9.27. The van der Waals surface area contributed by atoms with E-state index in [0.717, 1.165) is 4.90 Å². The molecule has 108 valence electrons. The van der Waals surface area contributed by atoms with E-state index < -0.39 is 39.4 Å². The van der Waals surface area contributed by atoms with Gasteiger partial charge in [-0.25, -0.2) is 13.6 Å². The summed E-state index contributed by atoms with van der Waals surface area (Å²) in [7, 11) is 0. The molecular weight excluding hydrogens is 274 g/mol. The molecule has 6 nitrogen and oxygen atoms in total. The van der Waals surface area contributed by atoms with Gasteiger partial charge in [-0.05, 0) is 19.8 Å². The van der Waals surface area contributed by atoms with Crippen LogP contribution in [-0.4, -0.2) is 28.1 Å². The molecule has 1 aliphatic heterocycles. The molecular formula is C12H12F2N2O4. The Morgan fingerprint density at radius 2 is 2.00 bits per heavy atom. The lowest BCUT2D eigenvalue weighted by Gasteiger charge is -2.33. The molecule has 0 amide bonds. The van der Waals surface area contributed by atoms with Crippen molar-refractivity contribution < 1.29 is 23.6 Å². The zero-order valence-corrected chi connectivity index (χ0v) is 10.6. The lowest BCUT2D eigenvalue weighted by atomic mass is 9.98. The van der Waals surface area contributed by atoms with Gasteiger partial charge in [0.05, 0.1) is 17.1 Å². The standard InChI is InChI=1S/C12H12F2N2O4/c1-12(11(17)18)3-2-4-15(12)10-8(13)5-7(16(19)20)6-9(10)14/h5-6H,2-4H2,1H3,(H,17,18). The molecule has 1 aromatic carbocycles. The zero-order chi connectivity index (χ0) is 15.1. The van der Waals surface area contributed by atoms with Gasteiger partial charge in [-0.15, -0.1) is 0 Å². The molecule has 1 N–H and O–H groups in total. The number of nitro groups is 1. The van der Waals surface area contributed by atoms with Crippen molar-refractivity contribution in [1.82, 2.24) is 0 Å². The number of carboxylic acid groups (broad SMARTS) is 1. The maximum atomic E-state index is 14.0. The number of nitro benzene ring substituents is 1. The SMILES string of the molecule is CC1(C(=O)O)CCCN1c1c(F)cc([N+](=O)[O-])cc1F. The molecule has 1 aliphatic rings. The van der Waals surface area contributed by atoms with Gasteiger partial charge in [-0.3, -0.25) is 10.1 Å². The van der Waals surface area contributed by atoms with Gasteiger partial charge in [-0.1, -0.05) is 0 Å². The molecule has 0 spiro atoms. The molecule has 0 aromatic heterocycles. The van der Waals surface area contributed by atoms with Crippen LogP contribution in [0.15, 0.2) is 12.1 Å². The first kappa shape index (κ1) is 14.2. The summed E-state index contributed by atoms with van der Waals surface area (Å²) >= 11 is 0. The summed E-state index contributed by atoms with van der Waals surface area (Å²) in [4.78, 5) is 22.1. The van der Waals surface area contributed by atoms with E-state index in [1.54, 1.807) is 0 Å². The van der Waals surface area contributed by atoms with Crippen LogP contribution in [0.1, 0.15) is 19.8 Å². The molecule has 0 radical (unpaired) electrons. The number of non-ortho nitro benzene ring substituents is 1. The highest BCUT2D eigenvalue weighted by atomic mass is 19.1. The summed E-state index contributed by atoms with van der Waals surface area (Å²) in [6.07, 6.45) is 0.719. The second kappa shape index (κ2) is 4.69. The van der Waals surface area contributed by atoms with Crippen molar-refractivity contribution in [3.63, 3.8) is 0 Å². The van der Waals surface area contributed by atoms with Gasteiger partial charge in [0.2, 0.25) is 0 Å². The van der Waals surface area contributed by atoms with Gasteiger partial charge in [0, 0.05) is 6.54 Å². The first-order valence-corrected chi connectivity index (χ1v) is 5.92. The Hall–Kier alpha value is -2.25. The highest BCUT2D eigenvalue weighted by Gasteiger charge is 2.45. The van der Waals surface area contributed by atoms with E-state index >= 15 is 0 Å². The van der Waals surface area contributed by atoms with E-state index in [4.69, 9.17) is 0 Å². The minimum absolute atomic E-state index is 0.175. The van der Waals surface area contributed by atoms with Crippen LogP contribution in [0.3, 0.4) is 0 Å². The third-order valence-electron chi connectivity index (χ3n) is 3.58. The normalized spacial score (nSPS) is 22.1. The molecule has 0 bridgehead atoms. The maximum Gasteiger partial charge on any atom is 0.329 e. The smallest absolute Gasteiger partial charge is 0.329 e. The number of hydrogen-bond acceptors (Lipinski definition) is 4. The fraction of sp³-hybridized carbons (Fsp3) is 0.417. The molecule has 1 atom stereocenters. The highest BCUT2D eigenvalue weighted by Crippen LogP contribution is 2.38. The van der Waals surface area contributed by atoms with Crippen molar-refractivity contribution in [3.8, 4) is 0 Å². The monoisotopic (exact) mass is 286 g/mol. The molecule has 8 heteroatoms. The summed E-state index contributed by atoms with van der Waals surface area (Å²) in [5.74, 6) is -3.45. The van der Waals surface area contributed by atoms with Crippen molar-refractivity contribution in [3.05, 3.63) is 33.9 Å². The van der Waals surface area contributed by atoms with E-state index in [-0.39, 0.29) is 13.0 Å². The number of anilines is 1. The van der Waals surface area contributed by atoms with Gasteiger partial charge in [0.15, 0.2) is 11.6 Å². The van der Waals surface area contributed by atoms with E-state index in [0.29, 0.717) is 18.6 Å². The topological polar surface area (TPSA) is 83.7 Å². The van der Waals surface area contributed by atoms with Crippen molar-refractivity contribution in [2.75, 3.05) is 11.4 Å². The number of carbonyl (C=O) groups is 1. The molecule has 0 saturated carbocycles. The average molecular weight is 286 g/mol. The Labute approximate surface area is 112 Å². The van der Waals surface area contributed by atoms with Crippen molar-refractivity contribution >= 4 is 17.3 Å². The number of halogens is 2. The van der Waals surface area contributed by atoms with Gasteiger partial charge < -0.3 is 10.0 Å². The largest absolute Gasteiger partial charge is 0.480 e. The van der Waals surface area contributed by atoms with Crippen LogP contribution in [0, 0.1) is 21.7 Å². The van der Waals surface area contributed by atoms with Gasteiger partial charge >= 0.3 is 5.97 Å². The Balaban J connectivity index is 2.53. The lowest BCUT2D eigenvalue weighted by molar-refractivity contribution is -0.385. The van der Waals surface area contributed by atoms with Crippen molar-refractivity contribution in [2.24, 2.45) is 0 Å². The van der Waals surface area contributed by atoms with Crippen LogP contribution in [0.25, 0.3) is 0 Å². The summed E-state index contributed by atoms with van der Waals surface area (Å²) in [5.41, 5.74) is -2.66. The van der Waals surface area contributed by atoms with Gasteiger partial charge in [0.1, 0.15) is 11.2 Å². The second-order valence-corrected chi connectivity index (χ2v) is 4.85. The fourth-order valence-electron chi connectivity index (χ4n) is 2.46. The van der Waals surface area contributed by atoms with Gasteiger partial charge in [0.25, 0.3) is 5.69 Å². The third kappa shape index (κ3) is 2.06. The lowest BCUT2D eigenvalue weighted by Crippen LogP contribution is -2.48. The highest BCUT2D eigenvalue weighted by molar-refractivity contribution is 5.84. The first-order valence-electron chi connectivity index (χ1n) is 5.92. The molecule has 0 aliphatic carbocycles. The average Bonchev–Trinajstić information content (AvgIpc) is 2.72. The Morgan fingerprint density at radius 3 is 2.45 bits per heavy atom. The zero-order valence-electron chi connectivity index (χ0n) is 10.6. The van der Waals surface area contributed by atoms with Gasteiger partial charge in [-0.2, -0.15) is 0 Å². The molecule has 1 aromatic rings. The summed E-state index contributed by atoms with van der Waals surface area (Å²) in [5, 5.41) is 19.8. The predicted octanol–water partition coefficient (Wildman–Crippen LogP) is 2.32. The van der Waals surface area contributed by atoms with E-state index in [2.05, 4.69) is 0 Å². The summed E-state index contributed by atoms with van der Waals surface area (Å²) in [6, 6.07) is 1.19. The Morgan fingerprint density at radius 1 is 1.45 bits per heavy atom. The van der Waals surface area contributed by atoms with Crippen LogP contribution >= 0.6 is 0 Å². The molecule has 20 heavy (non-hydrogen) atoms. The van der Waals surface area contributed by atoms with E-state index in [1.807, 2.05) is 0 Å². The number of rotatable bonds is 3.